The van der Waals surface area contributed by atoms with E-state index in [1.54, 1.807) is 36.4 Å². The van der Waals surface area contributed by atoms with Gasteiger partial charge in [0.25, 0.3) is 5.91 Å². The van der Waals surface area contributed by atoms with E-state index in [0.717, 1.165) is 16.7 Å². The minimum Gasteiger partial charge on any atom is -0.482 e. The summed E-state index contributed by atoms with van der Waals surface area (Å²) in [5, 5.41) is 2.83. The molecule has 0 unspecified atom stereocenters. The molecule has 0 bridgehead atoms. The first-order chi connectivity index (χ1) is 14.6. The van der Waals surface area contributed by atoms with Crippen LogP contribution in [0.15, 0.2) is 77.2 Å². The number of para-hydroxylation sites is 2. The number of esters is 1. The van der Waals surface area contributed by atoms with Crippen LogP contribution in [-0.2, 0) is 9.53 Å². The topological polar surface area (TPSA) is 90.7 Å². The number of benzene rings is 3. The Hall–Kier alpha value is -4.13. The number of hydrogen-bond donors (Lipinski definition) is 1. The lowest BCUT2D eigenvalue weighted by molar-refractivity contribution is -0.142. The molecule has 0 spiro atoms. The van der Waals surface area contributed by atoms with Crippen LogP contribution >= 0.6 is 0 Å². The quantitative estimate of drug-likeness (QED) is 0.484. The standard InChI is InChI=1S/C23H18N2O5/c1-28-21(26)14-29-18-6-4-5-16(13-18)22(27)24-17-11-9-15(10-12-17)23-25-19-7-2-3-8-20(19)30-23/h2-13H,14H2,1H3,(H,24,27). The highest BCUT2D eigenvalue weighted by molar-refractivity contribution is 6.04. The molecule has 30 heavy (non-hydrogen) atoms. The fraction of sp³-hybridized carbons (Fsp3) is 0.0870. The highest BCUT2D eigenvalue weighted by atomic mass is 16.6. The van der Waals surface area contributed by atoms with E-state index in [1.165, 1.54) is 7.11 Å². The number of nitrogens with one attached hydrogen (secondary N) is 1. The third-order valence-corrected chi connectivity index (χ3v) is 4.36. The van der Waals surface area contributed by atoms with E-state index in [0.29, 0.717) is 22.9 Å². The Morgan fingerprint density at radius 2 is 1.80 bits per heavy atom. The van der Waals surface area contributed by atoms with Crippen LogP contribution in [0.2, 0.25) is 0 Å². The first-order valence-corrected chi connectivity index (χ1v) is 9.19. The summed E-state index contributed by atoms with van der Waals surface area (Å²) >= 11 is 0. The van der Waals surface area contributed by atoms with Gasteiger partial charge in [0.05, 0.1) is 7.11 Å². The molecule has 0 aliphatic carbocycles. The summed E-state index contributed by atoms with van der Waals surface area (Å²) in [6.45, 7) is -0.223. The summed E-state index contributed by atoms with van der Waals surface area (Å²) < 4.78 is 15.6. The molecule has 1 heterocycles. The zero-order valence-electron chi connectivity index (χ0n) is 16.1. The lowest BCUT2D eigenvalue weighted by Gasteiger charge is -2.08. The average molecular weight is 402 g/mol. The Kier molecular flexibility index (Phi) is 5.43. The van der Waals surface area contributed by atoms with Gasteiger partial charge in [0.2, 0.25) is 5.89 Å². The van der Waals surface area contributed by atoms with E-state index in [1.807, 2.05) is 36.4 Å². The third kappa shape index (κ3) is 4.30. The number of carbonyl (C=O) groups excluding carboxylic acids is 2. The number of anilines is 1. The van der Waals surface area contributed by atoms with Crippen LogP contribution in [-0.4, -0.2) is 30.6 Å². The van der Waals surface area contributed by atoms with Gasteiger partial charge in [-0.25, -0.2) is 9.78 Å². The summed E-state index contributed by atoms with van der Waals surface area (Å²) in [5.74, 6) is 0.126. The monoisotopic (exact) mass is 402 g/mol. The number of amides is 1. The fourth-order valence-electron chi connectivity index (χ4n) is 2.82. The molecule has 4 aromatic rings. The van der Waals surface area contributed by atoms with Crippen molar-refractivity contribution in [2.24, 2.45) is 0 Å². The first kappa shape index (κ1) is 19.2. The predicted octanol–water partition coefficient (Wildman–Crippen LogP) is 4.30. The van der Waals surface area contributed by atoms with Crippen LogP contribution in [0.1, 0.15) is 10.4 Å². The second kappa shape index (κ2) is 8.48. The van der Waals surface area contributed by atoms with Crippen molar-refractivity contribution in [1.29, 1.82) is 0 Å². The Labute approximate surface area is 172 Å². The van der Waals surface area contributed by atoms with Gasteiger partial charge in [-0.05, 0) is 54.6 Å². The maximum Gasteiger partial charge on any atom is 0.343 e. The molecule has 0 saturated heterocycles. The van der Waals surface area contributed by atoms with Crippen LogP contribution in [0.5, 0.6) is 5.75 Å². The van der Waals surface area contributed by atoms with E-state index < -0.39 is 5.97 Å². The molecule has 1 amide bonds. The maximum absolute atomic E-state index is 12.5. The zero-order chi connectivity index (χ0) is 20.9. The molecule has 0 aliphatic rings. The van der Waals surface area contributed by atoms with Gasteiger partial charge in [0.15, 0.2) is 12.2 Å². The molecule has 1 N–H and O–H groups in total. The van der Waals surface area contributed by atoms with Crippen molar-refractivity contribution >= 4 is 28.7 Å². The van der Waals surface area contributed by atoms with Crippen LogP contribution in [0.4, 0.5) is 5.69 Å². The highest BCUT2D eigenvalue weighted by Gasteiger charge is 2.11. The molecule has 0 atom stereocenters. The summed E-state index contributed by atoms with van der Waals surface area (Å²) in [7, 11) is 1.28. The number of rotatable bonds is 6. The number of nitrogens with zero attached hydrogens (tertiary/aromatic N) is 1. The van der Waals surface area contributed by atoms with Crippen LogP contribution in [0, 0.1) is 0 Å². The second-order valence-corrected chi connectivity index (χ2v) is 6.41. The molecule has 3 aromatic carbocycles. The number of hydrogen-bond acceptors (Lipinski definition) is 6. The summed E-state index contributed by atoms with van der Waals surface area (Å²) in [4.78, 5) is 28.2. The molecular formula is C23H18N2O5. The number of ether oxygens (including phenoxy) is 2. The van der Waals surface area contributed by atoms with Gasteiger partial charge in [-0.2, -0.15) is 0 Å². The number of methoxy groups -OCH3 is 1. The fourth-order valence-corrected chi connectivity index (χ4v) is 2.82. The lowest BCUT2D eigenvalue weighted by atomic mass is 10.1. The molecule has 0 fully saturated rings. The van der Waals surface area contributed by atoms with Crippen molar-refractivity contribution in [3.8, 4) is 17.2 Å². The van der Waals surface area contributed by atoms with E-state index in [4.69, 9.17) is 9.15 Å². The smallest absolute Gasteiger partial charge is 0.343 e. The van der Waals surface area contributed by atoms with Gasteiger partial charge in [-0.15, -0.1) is 0 Å². The van der Waals surface area contributed by atoms with Gasteiger partial charge < -0.3 is 19.2 Å². The average Bonchev–Trinajstić information content (AvgIpc) is 3.22. The van der Waals surface area contributed by atoms with Crippen molar-refractivity contribution < 1.29 is 23.5 Å². The maximum atomic E-state index is 12.5. The molecule has 7 nitrogen and oxygen atoms in total. The molecular weight excluding hydrogens is 384 g/mol. The van der Waals surface area contributed by atoms with Gasteiger partial charge in [0, 0.05) is 16.8 Å². The SMILES string of the molecule is COC(=O)COc1cccc(C(=O)Nc2ccc(-c3nc4ccccc4o3)cc2)c1. The molecule has 7 heteroatoms. The van der Waals surface area contributed by atoms with Crippen molar-refractivity contribution in [3.05, 3.63) is 78.4 Å². The molecule has 150 valence electrons. The zero-order valence-corrected chi connectivity index (χ0v) is 16.1. The van der Waals surface area contributed by atoms with E-state index in [2.05, 4.69) is 15.0 Å². The predicted molar refractivity (Wildman–Crippen MR) is 111 cm³/mol. The van der Waals surface area contributed by atoms with Crippen molar-refractivity contribution in [2.45, 2.75) is 0 Å². The van der Waals surface area contributed by atoms with Gasteiger partial charge >= 0.3 is 5.97 Å². The van der Waals surface area contributed by atoms with E-state index in [-0.39, 0.29) is 12.5 Å². The van der Waals surface area contributed by atoms with Crippen LogP contribution in [0.25, 0.3) is 22.6 Å². The highest BCUT2D eigenvalue weighted by Crippen LogP contribution is 2.25. The second-order valence-electron chi connectivity index (χ2n) is 6.41. The Bertz CT molecular complexity index is 1160. The van der Waals surface area contributed by atoms with Gasteiger partial charge in [-0.3, -0.25) is 4.79 Å². The van der Waals surface area contributed by atoms with Gasteiger partial charge in [-0.1, -0.05) is 18.2 Å². The Balaban J connectivity index is 1.44. The molecule has 4 rings (SSSR count). The van der Waals surface area contributed by atoms with Crippen molar-refractivity contribution in [1.82, 2.24) is 4.98 Å². The molecule has 0 saturated carbocycles. The normalized spacial score (nSPS) is 10.6. The van der Waals surface area contributed by atoms with Gasteiger partial charge in [0.1, 0.15) is 11.3 Å². The summed E-state index contributed by atoms with van der Waals surface area (Å²) in [6.07, 6.45) is 0. The van der Waals surface area contributed by atoms with E-state index >= 15 is 0 Å². The molecule has 1 aromatic heterocycles. The Morgan fingerprint density at radius 1 is 1.00 bits per heavy atom. The Morgan fingerprint density at radius 3 is 2.57 bits per heavy atom. The number of carbonyl (C=O) groups is 2. The largest absolute Gasteiger partial charge is 0.482 e. The number of aromatic nitrogens is 1. The van der Waals surface area contributed by atoms with E-state index in [9.17, 15) is 9.59 Å². The van der Waals surface area contributed by atoms with Crippen molar-refractivity contribution in [2.75, 3.05) is 19.0 Å². The summed E-state index contributed by atoms with van der Waals surface area (Å²) in [5.41, 5.74) is 3.35. The van der Waals surface area contributed by atoms with Crippen LogP contribution < -0.4 is 10.1 Å². The summed E-state index contributed by atoms with van der Waals surface area (Å²) in [6, 6.07) is 21.3. The first-order valence-electron chi connectivity index (χ1n) is 9.19. The molecule has 0 radical (unpaired) electrons. The van der Waals surface area contributed by atoms with Crippen molar-refractivity contribution in [3.63, 3.8) is 0 Å². The number of oxazole rings is 1. The third-order valence-electron chi connectivity index (χ3n) is 4.36. The minimum absolute atomic E-state index is 0.223. The minimum atomic E-state index is -0.496. The van der Waals surface area contributed by atoms with Crippen LogP contribution in [0.3, 0.4) is 0 Å². The molecule has 0 aliphatic heterocycles. The lowest BCUT2D eigenvalue weighted by Crippen LogP contribution is -2.14. The number of fused-ring (bicyclic) bond motifs is 1.